The highest BCUT2D eigenvalue weighted by Gasteiger charge is 2.26. The summed E-state index contributed by atoms with van der Waals surface area (Å²) in [5.74, 6) is -0.957. The van der Waals surface area contributed by atoms with Gasteiger partial charge in [0.2, 0.25) is 15.8 Å². The molecule has 1 aliphatic heterocycles. The lowest BCUT2D eigenvalue weighted by Crippen LogP contribution is -2.40. The van der Waals surface area contributed by atoms with Gasteiger partial charge in [-0.05, 0) is 58.0 Å². The second kappa shape index (κ2) is 9.33. The molecule has 1 aromatic carbocycles. The molecule has 0 radical (unpaired) electrons. The van der Waals surface area contributed by atoms with Gasteiger partial charge in [0.05, 0.1) is 23.7 Å². The molecule has 8 nitrogen and oxygen atoms in total. The first kappa shape index (κ1) is 23.2. The maximum absolute atomic E-state index is 12.7. The Hall–Kier alpha value is -2.49. The second-order valence-electron chi connectivity index (χ2n) is 7.79. The van der Waals surface area contributed by atoms with Gasteiger partial charge in [0.15, 0.2) is 6.61 Å². The number of morpholine rings is 1. The average Bonchev–Trinajstić information content (AvgIpc) is 3.06. The van der Waals surface area contributed by atoms with Crippen LogP contribution < -0.4 is 0 Å². The molecule has 2 aromatic rings. The van der Waals surface area contributed by atoms with Gasteiger partial charge in [-0.3, -0.25) is 4.79 Å². The van der Waals surface area contributed by atoms with Crippen LogP contribution in [0.4, 0.5) is 0 Å². The van der Waals surface area contributed by atoms with Gasteiger partial charge < -0.3 is 14.0 Å². The third-order valence-corrected chi connectivity index (χ3v) is 7.25. The Morgan fingerprint density at radius 3 is 2.26 bits per heavy atom. The molecule has 0 aliphatic carbocycles. The number of benzene rings is 1. The van der Waals surface area contributed by atoms with Crippen molar-refractivity contribution in [3.05, 3.63) is 52.8 Å². The molecular formula is C22H28N2O6S. The fourth-order valence-corrected chi connectivity index (χ4v) is 5.25. The number of ether oxygens (including phenoxy) is 2. The highest BCUT2D eigenvalue weighted by atomic mass is 32.2. The first-order valence-electron chi connectivity index (χ1n) is 10.2. The molecule has 0 amide bonds. The van der Waals surface area contributed by atoms with Gasteiger partial charge >= 0.3 is 5.97 Å². The molecule has 0 saturated carbocycles. The van der Waals surface area contributed by atoms with Crippen LogP contribution in [-0.4, -0.2) is 62.0 Å². The lowest BCUT2D eigenvalue weighted by atomic mass is 10.1. The molecular weight excluding hydrogens is 420 g/mol. The smallest absolute Gasteiger partial charge is 0.338 e. The van der Waals surface area contributed by atoms with E-state index in [1.807, 2.05) is 27.7 Å². The predicted molar refractivity (Wildman–Crippen MR) is 115 cm³/mol. The van der Waals surface area contributed by atoms with Crippen LogP contribution in [0.1, 0.15) is 52.0 Å². The minimum atomic E-state index is -3.64. The number of aromatic nitrogens is 1. The standard InChI is InChI=1S/C22H28N2O6S/c1-15(2)24-16(3)13-20(17(24)4)21(25)14-30-22(26)18-5-7-19(8-6-18)31(27,28)23-9-11-29-12-10-23/h5-8,13,15H,9-12,14H2,1-4H3. The molecule has 1 fully saturated rings. The van der Waals surface area contributed by atoms with Crippen LogP contribution >= 0.6 is 0 Å². The molecule has 0 bridgehead atoms. The zero-order chi connectivity index (χ0) is 22.8. The van der Waals surface area contributed by atoms with Gasteiger partial charge in [-0.15, -0.1) is 0 Å². The molecule has 31 heavy (non-hydrogen) atoms. The Balaban J connectivity index is 1.65. The zero-order valence-corrected chi connectivity index (χ0v) is 19.1. The molecule has 0 atom stereocenters. The van der Waals surface area contributed by atoms with E-state index in [0.29, 0.717) is 31.9 Å². The topological polar surface area (TPSA) is 94.9 Å². The highest BCUT2D eigenvalue weighted by molar-refractivity contribution is 7.89. The SMILES string of the molecule is Cc1cc(C(=O)COC(=O)c2ccc(S(=O)(=O)N3CCOCC3)cc2)c(C)n1C(C)C. The van der Waals surface area contributed by atoms with E-state index in [-0.39, 0.29) is 28.9 Å². The molecule has 1 aliphatic rings. The summed E-state index contributed by atoms with van der Waals surface area (Å²) in [4.78, 5) is 25.0. The van der Waals surface area contributed by atoms with E-state index in [9.17, 15) is 18.0 Å². The minimum absolute atomic E-state index is 0.100. The molecule has 2 heterocycles. The van der Waals surface area contributed by atoms with Gasteiger partial charge in [0.1, 0.15) is 0 Å². The van der Waals surface area contributed by atoms with Crippen LogP contribution in [0.5, 0.6) is 0 Å². The number of hydrogen-bond donors (Lipinski definition) is 0. The van der Waals surface area contributed by atoms with Crippen LogP contribution in [-0.2, 0) is 19.5 Å². The Kier molecular flexibility index (Phi) is 6.98. The van der Waals surface area contributed by atoms with Gasteiger partial charge in [-0.2, -0.15) is 4.31 Å². The van der Waals surface area contributed by atoms with Gasteiger partial charge in [0.25, 0.3) is 0 Å². The number of Topliss-reactive ketones (excluding diaryl/α,β-unsaturated/α-hetero) is 1. The zero-order valence-electron chi connectivity index (χ0n) is 18.3. The van der Waals surface area contributed by atoms with E-state index in [1.165, 1.54) is 28.6 Å². The number of carbonyl (C=O) groups is 2. The molecule has 3 rings (SSSR count). The molecule has 0 N–H and O–H groups in total. The number of nitrogens with zero attached hydrogens (tertiary/aromatic N) is 2. The monoisotopic (exact) mass is 448 g/mol. The summed E-state index contributed by atoms with van der Waals surface area (Å²) < 4.78 is 39.1. The number of esters is 1. The minimum Gasteiger partial charge on any atom is -0.454 e. The third kappa shape index (κ3) is 4.89. The third-order valence-electron chi connectivity index (χ3n) is 5.33. The van der Waals surface area contributed by atoms with Crippen molar-refractivity contribution in [2.75, 3.05) is 32.9 Å². The van der Waals surface area contributed by atoms with E-state index in [4.69, 9.17) is 9.47 Å². The summed E-state index contributed by atoms with van der Waals surface area (Å²) in [6, 6.07) is 7.56. The van der Waals surface area contributed by atoms with Crippen molar-refractivity contribution in [3.8, 4) is 0 Å². The van der Waals surface area contributed by atoms with E-state index in [0.717, 1.165) is 11.4 Å². The quantitative estimate of drug-likeness (QED) is 0.478. The van der Waals surface area contributed by atoms with Crippen molar-refractivity contribution in [2.24, 2.45) is 0 Å². The van der Waals surface area contributed by atoms with Crippen LogP contribution in [0.15, 0.2) is 35.2 Å². The van der Waals surface area contributed by atoms with Crippen molar-refractivity contribution in [1.82, 2.24) is 8.87 Å². The van der Waals surface area contributed by atoms with Crippen molar-refractivity contribution in [3.63, 3.8) is 0 Å². The van der Waals surface area contributed by atoms with Crippen molar-refractivity contribution in [1.29, 1.82) is 0 Å². The normalized spacial score (nSPS) is 15.3. The number of hydrogen-bond acceptors (Lipinski definition) is 6. The lowest BCUT2D eigenvalue weighted by Gasteiger charge is -2.26. The number of sulfonamides is 1. The molecule has 1 saturated heterocycles. The van der Waals surface area contributed by atoms with E-state index in [2.05, 4.69) is 4.57 Å². The Morgan fingerprint density at radius 2 is 1.71 bits per heavy atom. The molecule has 1 aromatic heterocycles. The number of rotatable bonds is 7. The van der Waals surface area contributed by atoms with Crippen molar-refractivity contribution < 1.29 is 27.5 Å². The van der Waals surface area contributed by atoms with Crippen molar-refractivity contribution in [2.45, 2.75) is 38.6 Å². The summed E-state index contributed by atoms with van der Waals surface area (Å²) in [5.41, 5.74) is 2.53. The lowest BCUT2D eigenvalue weighted by molar-refractivity contribution is 0.0474. The number of aryl methyl sites for hydroxylation is 1. The first-order valence-corrected chi connectivity index (χ1v) is 11.6. The summed E-state index contributed by atoms with van der Waals surface area (Å²) in [6.45, 7) is 8.81. The predicted octanol–water partition coefficient (Wildman–Crippen LogP) is 2.75. The van der Waals surface area contributed by atoms with Crippen LogP contribution in [0.2, 0.25) is 0 Å². The van der Waals surface area contributed by atoms with Crippen LogP contribution in [0, 0.1) is 13.8 Å². The maximum Gasteiger partial charge on any atom is 0.338 e. The maximum atomic E-state index is 12.7. The second-order valence-corrected chi connectivity index (χ2v) is 9.73. The molecule has 168 valence electrons. The van der Waals surface area contributed by atoms with Crippen LogP contribution in [0.3, 0.4) is 0 Å². The molecule has 0 unspecified atom stereocenters. The first-order chi connectivity index (χ1) is 14.6. The fraction of sp³-hybridized carbons (Fsp3) is 0.455. The Bertz CT molecular complexity index is 1060. The Labute approximate surface area is 182 Å². The molecule has 0 spiro atoms. The van der Waals surface area contributed by atoms with E-state index >= 15 is 0 Å². The van der Waals surface area contributed by atoms with Crippen LogP contribution in [0.25, 0.3) is 0 Å². The largest absolute Gasteiger partial charge is 0.454 e. The summed E-state index contributed by atoms with van der Waals surface area (Å²) in [5, 5.41) is 0. The Morgan fingerprint density at radius 1 is 1.10 bits per heavy atom. The van der Waals surface area contributed by atoms with Crippen molar-refractivity contribution >= 4 is 21.8 Å². The van der Waals surface area contributed by atoms with Gasteiger partial charge in [-0.1, -0.05) is 0 Å². The summed E-state index contributed by atoms with van der Waals surface area (Å²) >= 11 is 0. The number of ketones is 1. The molecule has 9 heteroatoms. The van der Waals surface area contributed by atoms with Gasteiger partial charge in [0, 0.05) is 36.1 Å². The van der Waals surface area contributed by atoms with E-state index < -0.39 is 16.0 Å². The summed E-state index contributed by atoms with van der Waals surface area (Å²) in [6.07, 6.45) is 0. The summed E-state index contributed by atoms with van der Waals surface area (Å²) in [7, 11) is -3.64. The van der Waals surface area contributed by atoms with E-state index in [1.54, 1.807) is 6.07 Å². The van der Waals surface area contributed by atoms with Gasteiger partial charge in [-0.25, -0.2) is 13.2 Å². The number of carbonyl (C=O) groups excluding carboxylic acids is 2. The average molecular weight is 449 g/mol. The highest BCUT2D eigenvalue weighted by Crippen LogP contribution is 2.21. The fourth-order valence-electron chi connectivity index (χ4n) is 3.85.